The van der Waals surface area contributed by atoms with Gasteiger partial charge in [0.05, 0.1) is 32.3 Å². The number of hydrogen-bond donors (Lipinski definition) is 0. The maximum atomic E-state index is 5.31. The van der Waals surface area contributed by atoms with Crippen LogP contribution < -0.4 is 0 Å². The molecule has 0 amide bonds. The van der Waals surface area contributed by atoms with Crippen molar-refractivity contribution in [2.45, 2.75) is 0 Å². The minimum absolute atomic E-state index is 0.724. The number of rotatable bonds is 4. The van der Waals surface area contributed by atoms with Crippen molar-refractivity contribution in [2.24, 2.45) is 0 Å². The van der Waals surface area contributed by atoms with Crippen molar-refractivity contribution in [1.29, 1.82) is 0 Å². The van der Waals surface area contributed by atoms with Gasteiger partial charge in [0.15, 0.2) is 5.82 Å². The fourth-order valence-electron chi connectivity index (χ4n) is 7.96. The highest BCUT2D eigenvalue weighted by atomic mass is 32.1. The van der Waals surface area contributed by atoms with Crippen molar-refractivity contribution < 1.29 is 0 Å². The summed E-state index contributed by atoms with van der Waals surface area (Å²) in [7, 11) is 0. The minimum atomic E-state index is 0.724. The largest absolute Gasteiger partial charge is 0.309 e. The second-order valence-electron chi connectivity index (χ2n) is 13.0. The zero-order valence-corrected chi connectivity index (χ0v) is 28.2. The van der Waals surface area contributed by atoms with Crippen molar-refractivity contribution in [2.75, 3.05) is 0 Å². The fourth-order valence-corrected chi connectivity index (χ4v) is 8.96. The number of fused-ring (bicyclic) bond motifs is 9. The molecule has 0 radical (unpaired) electrons. The average molecular weight is 669 g/mol. The van der Waals surface area contributed by atoms with E-state index in [1.54, 1.807) is 11.3 Å². The van der Waals surface area contributed by atoms with Crippen molar-refractivity contribution in [3.8, 4) is 33.9 Å². The first-order valence-corrected chi connectivity index (χ1v) is 18.0. The van der Waals surface area contributed by atoms with E-state index in [1.807, 2.05) is 6.20 Å². The normalized spacial score (nSPS) is 11.9. The van der Waals surface area contributed by atoms with E-state index in [4.69, 9.17) is 9.97 Å². The molecule has 0 saturated carbocycles. The van der Waals surface area contributed by atoms with Gasteiger partial charge in [0.2, 0.25) is 0 Å². The molecule has 4 heterocycles. The van der Waals surface area contributed by atoms with Crippen molar-refractivity contribution in [3.05, 3.63) is 170 Å². The van der Waals surface area contributed by atoms with Gasteiger partial charge in [-0.1, -0.05) is 109 Å². The van der Waals surface area contributed by atoms with E-state index in [1.165, 1.54) is 48.3 Å². The standard InChI is InChI=1S/C46H28N4S/c1-2-19-37(32(14-1)29-12-11-13-30(26-29)49-39-20-7-3-15-33(39)34-16-4-8-21-40(34)49)46-47-28-44-45(48-46)38-27-31(24-25-43(38)51-44)50-41-22-9-5-17-35(41)36-18-6-10-23-42(36)50/h1-28H. The Morgan fingerprint density at radius 2 is 0.941 bits per heavy atom. The highest BCUT2D eigenvalue weighted by Gasteiger charge is 2.17. The number of thiophene rings is 1. The van der Waals surface area contributed by atoms with E-state index in [2.05, 4.69) is 173 Å². The van der Waals surface area contributed by atoms with Crippen LogP contribution >= 0.6 is 11.3 Å². The summed E-state index contributed by atoms with van der Waals surface area (Å²) >= 11 is 1.74. The second-order valence-corrected chi connectivity index (χ2v) is 14.1. The van der Waals surface area contributed by atoms with Crippen LogP contribution in [0.25, 0.3) is 97.8 Å². The molecule has 0 fully saturated rings. The summed E-state index contributed by atoms with van der Waals surface area (Å²) in [6.45, 7) is 0. The van der Waals surface area contributed by atoms with Crippen molar-refractivity contribution in [3.63, 3.8) is 0 Å². The molecule has 0 atom stereocenters. The number of nitrogens with zero attached hydrogens (tertiary/aromatic N) is 4. The summed E-state index contributed by atoms with van der Waals surface area (Å²) in [4.78, 5) is 10.3. The van der Waals surface area contributed by atoms with Crippen molar-refractivity contribution >= 4 is 75.3 Å². The molecule has 0 bridgehead atoms. The number of benzene rings is 7. The molecule has 7 aromatic carbocycles. The summed E-state index contributed by atoms with van der Waals surface area (Å²) in [6, 6.07) is 58.7. The first kappa shape index (κ1) is 28.3. The van der Waals surface area contributed by atoms with E-state index in [0.29, 0.717) is 0 Å². The summed E-state index contributed by atoms with van der Waals surface area (Å²) in [5, 5.41) is 6.16. The van der Waals surface area contributed by atoms with Crippen LogP contribution in [0, 0.1) is 0 Å². The minimum Gasteiger partial charge on any atom is -0.309 e. The second kappa shape index (κ2) is 11.0. The molecule has 11 aromatic rings. The molecule has 4 nitrogen and oxygen atoms in total. The Morgan fingerprint density at radius 1 is 0.412 bits per heavy atom. The van der Waals surface area contributed by atoms with Crippen LogP contribution in [0.15, 0.2) is 170 Å². The topological polar surface area (TPSA) is 35.6 Å². The third-order valence-electron chi connectivity index (χ3n) is 10.2. The Hall–Kier alpha value is -6.56. The predicted molar refractivity (Wildman–Crippen MR) is 214 cm³/mol. The molecule has 5 heteroatoms. The molecule has 0 N–H and O–H groups in total. The zero-order valence-electron chi connectivity index (χ0n) is 27.4. The Labute approximate surface area is 297 Å². The van der Waals surface area contributed by atoms with Crippen LogP contribution in [0.2, 0.25) is 0 Å². The molecule has 0 unspecified atom stereocenters. The summed E-state index contributed by atoms with van der Waals surface area (Å²) < 4.78 is 7.02. The first-order chi connectivity index (χ1) is 25.3. The zero-order chi connectivity index (χ0) is 33.5. The maximum absolute atomic E-state index is 5.31. The van der Waals surface area contributed by atoms with Crippen LogP contribution in [-0.4, -0.2) is 19.1 Å². The third-order valence-corrected chi connectivity index (χ3v) is 11.3. The Balaban J connectivity index is 1.06. The van der Waals surface area contributed by atoms with Crippen molar-refractivity contribution in [1.82, 2.24) is 19.1 Å². The number of aromatic nitrogens is 4. The molecule has 0 aliphatic rings. The number of hydrogen-bond acceptors (Lipinski definition) is 3. The molecule has 0 aliphatic carbocycles. The molecule has 238 valence electrons. The van der Waals surface area contributed by atoms with Crippen LogP contribution in [0.1, 0.15) is 0 Å². The lowest BCUT2D eigenvalue weighted by atomic mass is 9.98. The van der Waals surface area contributed by atoms with E-state index < -0.39 is 0 Å². The molecule has 51 heavy (non-hydrogen) atoms. The van der Waals surface area contributed by atoms with Gasteiger partial charge in [0.25, 0.3) is 0 Å². The van der Waals surface area contributed by atoms with Gasteiger partial charge in [-0.15, -0.1) is 11.3 Å². The Bertz CT molecular complexity index is 3060. The summed E-state index contributed by atoms with van der Waals surface area (Å²) in [6.07, 6.45) is 1.99. The van der Waals surface area contributed by atoms with Gasteiger partial charge in [0.1, 0.15) is 0 Å². The van der Waals surface area contributed by atoms with Gasteiger partial charge in [-0.2, -0.15) is 0 Å². The van der Waals surface area contributed by atoms with Crippen LogP contribution in [0.3, 0.4) is 0 Å². The summed E-state index contributed by atoms with van der Waals surface area (Å²) in [5.41, 5.74) is 11.3. The lowest BCUT2D eigenvalue weighted by Crippen LogP contribution is -1.96. The molecule has 0 saturated heterocycles. The van der Waals surface area contributed by atoms with Crippen LogP contribution in [0.5, 0.6) is 0 Å². The number of para-hydroxylation sites is 4. The highest BCUT2D eigenvalue weighted by molar-refractivity contribution is 7.25. The van der Waals surface area contributed by atoms with E-state index in [0.717, 1.165) is 49.5 Å². The summed E-state index contributed by atoms with van der Waals surface area (Å²) in [5.74, 6) is 0.724. The van der Waals surface area contributed by atoms with Crippen LogP contribution in [0.4, 0.5) is 0 Å². The molecular weight excluding hydrogens is 641 g/mol. The Kier molecular flexibility index (Phi) is 6.09. The molecule has 0 spiro atoms. The molecule has 0 aliphatic heterocycles. The highest BCUT2D eigenvalue weighted by Crippen LogP contribution is 2.39. The van der Waals surface area contributed by atoms with Gasteiger partial charge in [-0.3, -0.25) is 0 Å². The van der Waals surface area contributed by atoms with Gasteiger partial charge in [0, 0.05) is 54.8 Å². The molecular formula is C46H28N4S. The SMILES string of the molecule is c1cc(-c2ccccc2-c2ncc3sc4ccc(-n5c6ccccc6c6ccccc65)cc4c3n2)cc(-n2c3ccccc3c3ccccc32)c1. The predicted octanol–water partition coefficient (Wildman–Crippen LogP) is 12.4. The lowest BCUT2D eigenvalue weighted by Gasteiger charge is -2.13. The van der Waals surface area contributed by atoms with E-state index in [9.17, 15) is 0 Å². The smallest absolute Gasteiger partial charge is 0.160 e. The molecule has 4 aromatic heterocycles. The van der Waals surface area contributed by atoms with Gasteiger partial charge < -0.3 is 9.13 Å². The molecule has 11 rings (SSSR count). The van der Waals surface area contributed by atoms with Crippen LogP contribution in [-0.2, 0) is 0 Å². The first-order valence-electron chi connectivity index (χ1n) is 17.2. The average Bonchev–Trinajstić information content (AvgIpc) is 3.85. The maximum Gasteiger partial charge on any atom is 0.160 e. The Morgan fingerprint density at radius 3 is 1.55 bits per heavy atom. The van der Waals surface area contributed by atoms with Gasteiger partial charge in [-0.25, -0.2) is 9.97 Å². The van der Waals surface area contributed by atoms with Gasteiger partial charge >= 0.3 is 0 Å². The fraction of sp³-hybridized carbons (Fsp3) is 0. The third kappa shape index (κ3) is 4.25. The van der Waals surface area contributed by atoms with Gasteiger partial charge in [-0.05, 0) is 65.7 Å². The van der Waals surface area contributed by atoms with E-state index in [-0.39, 0.29) is 0 Å². The monoisotopic (exact) mass is 668 g/mol. The van der Waals surface area contributed by atoms with E-state index >= 15 is 0 Å². The lowest BCUT2D eigenvalue weighted by molar-refractivity contribution is 1.18. The quantitative estimate of drug-likeness (QED) is 0.187.